The molecule has 0 bridgehead atoms. The molecule has 114 valence electrons. The summed E-state index contributed by atoms with van der Waals surface area (Å²) in [5.41, 5.74) is 0.821. The first-order chi connectivity index (χ1) is 9.75. The van der Waals surface area contributed by atoms with Crippen LogP contribution in [0.5, 0.6) is 0 Å². The van der Waals surface area contributed by atoms with Gasteiger partial charge in [0.1, 0.15) is 4.90 Å². The van der Waals surface area contributed by atoms with Crippen molar-refractivity contribution >= 4 is 54.5 Å². The van der Waals surface area contributed by atoms with Crippen LogP contribution in [0.4, 0.5) is 0 Å². The predicted molar refractivity (Wildman–Crippen MR) is 85.6 cm³/mol. The van der Waals surface area contributed by atoms with E-state index in [1.807, 2.05) is 6.92 Å². The van der Waals surface area contributed by atoms with E-state index < -0.39 is 9.05 Å². The third kappa shape index (κ3) is 3.48. The van der Waals surface area contributed by atoms with E-state index in [1.165, 1.54) is 4.68 Å². The average molecular weight is 388 g/mol. The smallest absolute Gasteiger partial charge is 0.220 e. The molecule has 0 spiro atoms. The van der Waals surface area contributed by atoms with Crippen molar-refractivity contribution in [2.24, 2.45) is 0 Å². The number of rotatable bonds is 4. The molecule has 21 heavy (non-hydrogen) atoms. The fourth-order valence-electron chi connectivity index (χ4n) is 1.85. The summed E-state index contributed by atoms with van der Waals surface area (Å²) in [6.07, 6.45) is 1.14. The van der Waals surface area contributed by atoms with Gasteiger partial charge in [0.05, 0.1) is 21.4 Å². The molecule has 1 heterocycles. The molecule has 1 aromatic heterocycles. The normalized spacial score (nSPS) is 11.9. The highest BCUT2D eigenvalue weighted by Crippen LogP contribution is 2.33. The standard InChI is InChI=1S/C12H10Cl4N2O2S/c1-2-3-10-11(21(16,19)20)12(15)18(17-10)7-4-5-8(13)9(14)6-7/h4-6H,2-3H2,1H3. The van der Waals surface area contributed by atoms with E-state index in [4.69, 9.17) is 45.5 Å². The van der Waals surface area contributed by atoms with Crippen LogP contribution in [0.15, 0.2) is 23.1 Å². The van der Waals surface area contributed by atoms with E-state index >= 15 is 0 Å². The number of nitrogens with zero attached hydrogens (tertiary/aromatic N) is 2. The number of halogens is 4. The van der Waals surface area contributed by atoms with Crippen molar-refractivity contribution < 1.29 is 8.42 Å². The van der Waals surface area contributed by atoms with Crippen LogP contribution in [0.2, 0.25) is 15.2 Å². The Morgan fingerprint density at radius 1 is 1.19 bits per heavy atom. The molecule has 0 unspecified atom stereocenters. The van der Waals surface area contributed by atoms with E-state index in [-0.39, 0.29) is 10.0 Å². The molecule has 0 atom stereocenters. The first kappa shape index (κ1) is 16.9. The monoisotopic (exact) mass is 386 g/mol. The van der Waals surface area contributed by atoms with E-state index in [0.717, 1.165) is 0 Å². The van der Waals surface area contributed by atoms with Crippen LogP contribution in [0.25, 0.3) is 5.69 Å². The highest BCUT2D eigenvalue weighted by molar-refractivity contribution is 8.13. The summed E-state index contributed by atoms with van der Waals surface area (Å²) in [6.45, 7) is 1.90. The number of aryl methyl sites for hydroxylation is 1. The Kier molecular flexibility index (Phi) is 5.11. The van der Waals surface area contributed by atoms with Crippen LogP contribution in [-0.2, 0) is 15.5 Å². The summed E-state index contributed by atoms with van der Waals surface area (Å²) in [4.78, 5) is -0.168. The lowest BCUT2D eigenvalue weighted by atomic mass is 10.2. The van der Waals surface area contributed by atoms with Crippen molar-refractivity contribution in [3.63, 3.8) is 0 Å². The third-order valence-electron chi connectivity index (χ3n) is 2.73. The lowest BCUT2D eigenvalue weighted by molar-refractivity contribution is 0.608. The number of benzene rings is 1. The molecule has 0 N–H and O–H groups in total. The van der Waals surface area contributed by atoms with Gasteiger partial charge < -0.3 is 0 Å². The summed E-state index contributed by atoms with van der Waals surface area (Å²) in [5, 5.41) is 4.84. The number of aromatic nitrogens is 2. The van der Waals surface area contributed by atoms with Crippen molar-refractivity contribution in [3.05, 3.63) is 39.1 Å². The first-order valence-corrected chi connectivity index (χ1v) is 9.37. The molecule has 0 fully saturated rings. The Bertz CT molecular complexity index is 787. The SMILES string of the molecule is CCCc1nn(-c2ccc(Cl)c(Cl)c2)c(Cl)c1S(=O)(=O)Cl. The van der Waals surface area contributed by atoms with E-state index in [0.29, 0.717) is 34.3 Å². The van der Waals surface area contributed by atoms with E-state index in [9.17, 15) is 8.42 Å². The van der Waals surface area contributed by atoms with Crippen molar-refractivity contribution in [1.29, 1.82) is 0 Å². The Hall–Kier alpha value is -0.460. The van der Waals surface area contributed by atoms with Gasteiger partial charge in [-0.15, -0.1) is 0 Å². The largest absolute Gasteiger partial charge is 0.266 e. The summed E-state index contributed by atoms with van der Waals surface area (Å²) in [5.74, 6) is 0. The maximum atomic E-state index is 11.7. The second kappa shape index (κ2) is 6.34. The van der Waals surface area contributed by atoms with Gasteiger partial charge in [-0.1, -0.05) is 48.1 Å². The molecule has 0 radical (unpaired) electrons. The van der Waals surface area contributed by atoms with Gasteiger partial charge in [0.15, 0.2) is 5.15 Å². The average Bonchev–Trinajstić information content (AvgIpc) is 2.70. The molecule has 0 aliphatic heterocycles. The summed E-state index contributed by atoms with van der Waals surface area (Å²) in [7, 11) is 1.46. The zero-order valence-corrected chi connectivity index (χ0v) is 14.6. The quantitative estimate of drug-likeness (QED) is 0.713. The second-order valence-corrected chi connectivity index (χ2v) is 7.94. The van der Waals surface area contributed by atoms with Crippen molar-refractivity contribution in [2.75, 3.05) is 0 Å². The minimum Gasteiger partial charge on any atom is -0.220 e. The van der Waals surface area contributed by atoms with Gasteiger partial charge in [-0.05, 0) is 24.6 Å². The van der Waals surface area contributed by atoms with Crippen molar-refractivity contribution in [2.45, 2.75) is 24.7 Å². The molecule has 1 aromatic carbocycles. The topological polar surface area (TPSA) is 52.0 Å². The lowest BCUT2D eigenvalue weighted by Gasteiger charge is -2.04. The van der Waals surface area contributed by atoms with Crippen LogP contribution in [-0.4, -0.2) is 18.2 Å². The maximum absolute atomic E-state index is 11.7. The molecule has 0 saturated heterocycles. The summed E-state index contributed by atoms with van der Waals surface area (Å²) < 4.78 is 24.7. The van der Waals surface area contributed by atoms with Gasteiger partial charge in [-0.3, -0.25) is 0 Å². The minimum atomic E-state index is -3.99. The van der Waals surface area contributed by atoms with Gasteiger partial charge in [-0.2, -0.15) is 5.10 Å². The zero-order valence-electron chi connectivity index (χ0n) is 10.8. The van der Waals surface area contributed by atoms with Gasteiger partial charge in [0.2, 0.25) is 0 Å². The molecule has 0 saturated carbocycles. The maximum Gasteiger partial charge on any atom is 0.266 e. The number of hydrogen-bond donors (Lipinski definition) is 0. The molecular weight excluding hydrogens is 378 g/mol. The van der Waals surface area contributed by atoms with Gasteiger partial charge in [-0.25, -0.2) is 13.1 Å². The van der Waals surface area contributed by atoms with Gasteiger partial charge in [0.25, 0.3) is 9.05 Å². The van der Waals surface area contributed by atoms with Gasteiger partial charge in [0, 0.05) is 10.7 Å². The molecule has 0 aliphatic carbocycles. The fourth-order valence-corrected chi connectivity index (χ4v) is 4.01. The van der Waals surface area contributed by atoms with Crippen molar-refractivity contribution in [1.82, 2.24) is 9.78 Å². The predicted octanol–water partition coefficient (Wildman–Crippen LogP) is 4.71. The molecule has 0 amide bonds. The Balaban J connectivity index is 2.68. The second-order valence-electron chi connectivity index (χ2n) is 4.26. The van der Waals surface area contributed by atoms with Crippen LogP contribution < -0.4 is 0 Å². The fraction of sp³-hybridized carbons (Fsp3) is 0.250. The highest BCUT2D eigenvalue weighted by atomic mass is 35.7. The van der Waals surface area contributed by atoms with Crippen molar-refractivity contribution in [3.8, 4) is 5.69 Å². The highest BCUT2D eigenvalue weighted by Gasteiger charge is 2.26. The lowest BCUT2D eigenvalue weighted by Crippen LogP contribution is -1.97. The number of hydrogen-bond acceptors (Lipinski definition) is 3. The first-order valence-electron chi connectivity index (χ1n) is 5.93. The third-order valence-corrected chi connectivity index (χ3v) is 5.31. The summed E-state index contributed by atoms with van der Waals surface area (Å²) in [6, 6.07) is 4.75. The summed E-state index contributed by atoms with van der Waals surface area (Å²) >= 11 is 17.9. The van der Waals surface area contributed by atoms with Crippen LogP contribution in [0.1, 0.15) is 19.0 Å². The van der Waals surface area contributed by atoms with E-state index in [2.05, 4.69) is 5.10 Å². The Labute approximate surface area is 142 Å². The van der Waals surface area contributed by atoms with Crippen LogP contribution in [0, 0.1) is 0 Å². The molecule has 9 heteroatoms. The molecule has 2 aromatic rings. The zero-order chi connectivity index (χ0) is 15.8. The van der Waals surface area contributed by atoms with Gasteiger partial charge >= 0.3 is 0 Å². The van der Waals surface area contributed by atoms with Crippen LogP contribution in [0.3, 0.4) is 0 Å². The molecular formula is C12H10Cl4N2O2S. The molecule has 2 rings (SSSR count). The van der Waals surface area contributed by atoms with E-state index in [1.54, 1.807) is 18.2 Å². The Morgan fingerprint density at radius 3 is 2.38 bits per heavy atom. The van der Waals surface area contributed by atoms with Crippen LogP contribution >= 0.6 is 45.5 Å². The molecule has 4 nitrogen and oxygen atoms in total. The Morgan fingerprint density at radius 2 is 1.86 bits per heavy atom. The minimum absolute atomic E-state index is 0.0770. The molecule has 0 aliphatic rings.